The maximum absolute atomic E-state index is 13.3. The molecule has 4 heteroatoms. The van der Waals surface area contributed by atoms with Crippen molar-refractivity contribution in [3.05, 3.63) is 76.8 Å². The summed E-state index contributed by atoms with van der Waals surface area (Å²) in [5.74, 6) is -0.328. The molecule has 1 aromatic heterocycles. The van der Waals surface area contributed by atoms with E-state index < -0.39 is 0 Å². The van der Waals surface area contributed by atoms with Crippen LogP contribution in [0, 0.1) is 5.82 Å². The molecule has 0 fully saturated rings. The Labute approximate surface area is 108 Å². The largest absolute Gasteiger partial charge is 0.268 e. The minimum Gasteiger partial charge on any atom is -0.268 e. The molecule has 3 rings (SSSR count). The molecule has 0 saturated heterocycles. The van der Waals surface area contributed by atoms with Crippen LogP contribution in [0.5, 0.6) is 0 Å². The predicted octanol–water partition coefficient (Wildman–Crippen LogP) is 2.97. The van der Waals surface area contributed by atoms with Crippen LogP contribution in [0.1, 0.15) is 0 Å². The van der Waals surface area contributed by atoms with Gasteiger partial charge in [-0.05, 0) is 24.3 Å². The first-order chi connectivity index (χ1) is 9.24. The number of rotatable bonds is 2. The molecule has 0 aliphatic carbocycles. The number of nitrogens with one attached hydrogen (secondary N) is 1. The summed E-state index contributed by atoms with van der Waals surface area (Å²) in [6.45, 7) is 0. The van der Waals surface area contributed by atoms with Crippen molar-refractivity contribution in [3.8, 4) is 16.9 Å². The number of nitrogens with zero attached hydrogens (tertiary/aromatic N) is 1. The van der Waals surface area contributed by atoms with Crippen LogP contribution in [-0.2, 0) is 0 Å². The summed E-state index contributed by atoms with van der Waals surface area (Å²) in [5.41, 5.74) is 1.89. The highest BCUT2D eigenvalue weighted by Crippen LogP contribution is 2.21. The molecule has 0 spiro atoms. The summed E-state index contributed by atoms with van der Waals surface area (Å²) in [6, 6.07) is 17.0. The van der Waals surface area contributed by atoms with E-state index in [4.69, 9.17) is 0 Å². The normalized spacial score (nSPS) is 10.6. The van der Waals surface area contributed by atoms with Crippen LogP contribution in [0.15, 0.2) is 65.5 Å². The summed E-state index contributed by atoms with van der Waals surface area (Å²) in [5, 5.41) is 2.72. The van der Waals surface area contributed by atoms with Crippen molar-refractivity contribution < 1.29 is 4.39 Å². The molecule has 0 amide bonds. The number of aromatic amines is 1. The molecule has 3 nitrogen and oxygen atoms in total. The van der Waals surface area contributed by atoms with E-state index in [1.165, 1.54) is 18.2 Å². The fourth-order valence-corrected chi connectivity index (χ4v) is 2.03. The Bertz CT molecular complexity index is 759. The minimum atomic E-state index is -0.328. The Morgan fingerprint density at radius 3 is 2.47 bits per heavy atom. The van der Waals surface area contributed by atoms with Crippen molar-refractivity contribution >= 4 is 0 Å². The first-order valence-electron chi connectivity index (χ1n) is 5.87. The monoisotopic (exact) mass is 254 g/mol. The summed E-state index contributed by atoms with van der Waals surface area (Å²) in [7, 11) is 0. The lowest BCUT2D eigenvalue weighted by Gasteiger charge is -2.08. The highest BCUT2D eigenvalue weighted by molar-refractivity contribution is 5.61. The maximum Gasteiger partial charge on any atom is 0.265 e. The minimum absolute atomic E-state index is 0.219. The third-order valence-corrected chi connectivity index (χ3v) is 2.87. The molecule has 1 heterocycles. The number of hydrogen-bond acceptors (Lipinski definition) is 1. The standard InChI is InChI=1S/C15H11FN2O/c16-12-6-4-5-11(9-12)14-10-15(19)17-18(14)13-7-2-1-3-8-13/h1-10H,(H,17,19). The summed E-state index contributed by atoms with van der Waals surface area (Å²) < 4.78 is 14.9. The highest BCUT2D eigenvalue weighted by Gasteiger charge is 2.09. The predicted molar refractivity (Wildman–Crippen MR) is 71.8 cm³/mol. The lowest BCUT2D eigenvalue weighted by atomic mass is 10.1. The molecule has 0 atom stereocenters. The van der Waals surface area contributed by atoms with Gasteiger partial charge >= 0.3 is 0 Å². The van der Waals surface area contributed by atoms with Gasteiger partial charge in [0.15, 0.2) is 0 Å². The van der Waals surface area contributed by atoms with Gasteiger partial charge in [0.25, 0.3) is 5.56 Å². The molecule has 19 heavy (non-hydrogen) atoms. The van der Waals surface area contributed by atoms with Crippen molar-refractivity contribution in [3.63, 3.8) is 0 Å². The van der Waals surface area contributed by atoms with Gasteiger partial charge in [-0.1, -0.05) is 30.3 Å². The fourth-order valence-electron chi connectivity index (χ4n) is 2.03. The first-order valence-corrected chi connectivity index (χ1v) is 5.87. The van der Waals surface area contributed by atoms with Gasteiger partial charge in [-0.2, -0.15) is 0 Å². The molecule has 2 aromatic carbocycles. The van der Waals surface area contributed by atoms with Crippen molar-refractivity contribution in [1.82, 2.24) is 9.78 Å². The lowest BCUT2D eigenvalue weighted by molar-refractivity contribution is 0.628. The van der Waals surface area contributed by atoms with E-state index in [0.29, 0.717) is 11.3 Å². The fraction of sp³-hybridized carbons (Fsp3) is 0. The van der Waals surface area contributed by atoms with E-state index in [-0.39, 0.29) is 11.4 Å². The second kappa shape index (κ2) is 4.57. The number of halogens is 1. The smallest absolute Gasteiger partial charge is 0.265 e. The first kappa shape index (κ1) is 11.5. The molecule has 1 N–H and O–H groups in total. The van der Waals surface area contributed by atoms with E-state index in [9.17, 15) is 9.18 Å². The van der Waals surface area contributed by atoms with E-state index in [2.05, 4.69) is 5.10 Å². The van der Waals surface area contributed by atoms with Gasteiger partial charge in [0.05, 0.1) is 11.4 Å². The van der Waals surface area contributed by atoms with Gasteiger partial charge in [0, 0.05) is 11.6 Å². The topological polar surface area (TPSA) is 37.8 Å². The number of aromatic nitrogens is 2. The Morgan fingerprint density at radius 2 is 1.74 bits per heavy atom. The van der Waals surface area contributed by atoms with Crippen LogP contribution in [0.25, 0.3) is 16.9 Å². The Balaban J connectivity index is 2.21. The molecular formula is C15H11FN2O. The van der Waals surface area contributed by atoms with Crippen LogP contribution >= 0.6 is 0 Å². The number of para-hydroxylation sites is 1. The van der Waals surface area contributed by atoms with Crippen LogP contribution in [0.2, 0.25) is 0 Å². The average Bonchev–Trinajstić information content (AvgIpc) is 2.82. The Morgan fingerprint density at radius 1 is 0.947 bits per heavy atom. The zero-order chi connectivity index (χ0) is 13.2. The summed E-state index contributed by atoms with van der Waals surface area (Å²) in [4.78, 5) is 11.6. The zero-order valence-corrected chi connectivity index (χ0v) is 10.0. The summed E-state index contributed by atoms with van der Waals surface area (Å²) in [6.07, 6.45) is 0. The van der Waals surface area contributed by atoms with Gasteiger partial charge < -0.3 is 0 Å². The van der Waals surface area contributed by atoms with Crippen molar-refractivity contribution in [2.75, 3.05) is 0 Å². The van der Waals surface area contributed by atoms with Gasteiger partial charge in [-0.15, -0.1) is 0 Å². The SMILES string of the molecule is O=c1cc(-c2cccc(F)c2)n(-c2ccccc2)[nH]1. The Kier molecular flexibility index (Phi) is 2.76. The zero-order valence-electron chi connectivity index (χ0n) is 10.0. The molecule has 94 valence electrons. The summed E-state index contributed by atoms with van der Waals surface area (Å²) >= 11 is 0. The van der Waals surface area contributed by atoms with Crippen LogP contribution in [0.3, 0.4) is 0 Å². The van der Waals surface area contributed by atoms with Crippen LogP contribution < -0.4 is 5.56 Å². The van der Waals surface area contributed by atoms with Crippen molar-refractivity contribution in [2.45, 2.75) is 0 Å². The molecule has 0 aliphatic rings. The van der Waals surface area contributed by atoms with Gasteiger partial charge in [-0.25, -0.2) is 4.39 Å². The molecule has 3 aromatic rings. The van der Waals surface area contributed by atoms with E-state index in [1.807, 2.05) is 30.3 Å². The molecule has 0 bridgehead atoms. The molecule has 0 aliphatic heterocycles. The number of H-pyrrole nitrogens is 1. The number of benzene rings is 2. The lowest BCUT2D eigenvalue weighted by Crippen LogP contribution is -2.03. The highest BCUT2D eigenvalue weighted by atomic mass is 19.1. The molecule has 0 saturated carbocycles. The van der Waals surface area contributed by atoms with E-state index in [1.54, 1.807) is 16.8 Å². The van der Waals surface area contributed by atoms with Gasteiger partial charge in [0.2, 0.25) is 0 Å². The third-order valence-electron chi connectivity index (χ3n) is 2.87. The van der Waals surface area contributed by atoms with Gasteiger partial charge in [-0.3, -0.25) is 14.6 Å². The van der Waals surface area contributed by atoms with Gasteiger partial charge in [0.1, 0.15) is 5.82 Å². The van der Waals surface area contributed by atoms with Crippen LogP contribution in [0.4, 0.5) is 4.39 Å². The second-order valence-electron chi connectivity index (χ2n) is 4.19. The van der Waals surface area contributed by atoms with Crippen molar-refractivity contribution in [2.24, 2.45) is 0 Å². The number of hydrogen-bond donors (Lipinski definition) is 1. The second-order valence-corrected chi connectivity index (χ2v) is 4.19. The quantitative estimate of drug-likeness (QED) is 0.750. The molecular weight excluding hydrogens is 243 g/mol. The molecule has 0 unspecified atom stereocenters. The van der Waals surface area contributed by atoms with Crippen LogP contribution in [-0.4, -0.2) is 9.78 Å². The third kappa shape index (κ3) is 2.20. The van der Waals surface area contributed by atoms with E-state index in [0.717, 1.165) is 5.69 Å². The van der Waals surface area contributed by atoms with E-state index >= 15 is 0 Å². The average molecular weight is 254 g/mol. The van der Waals surface area contributed by atoms with Crippen molar-refractivity contribution in [1.29, 1.82) is 0 Å². The molecule has 0 radical (unpaired) electrons. The Hall–Kier alpha value is -2.62. The maximum atomic E-state index is 13.3.